The highest BCUT2D eigenvalue weighted by Gasteiger charge is 2.10. The van der Waals surface area contributed by atoms with Gasteiger partial charge in [0.2, 0.25) is 0 Å². The average Bonchev–Trinajstić information content (AvgIpc) is 2.19. The Morgan fingerprint density at radius 1 is 1.33 bits per heavy atom. The molecular formula is C12H18FNS. The first-order valence-electron chi connectivity index (χ1n) is 5.16. The third kappa shape index (κ3) is 3.42. The number of rotatable bonds is 4. The minimum Gasteiger partial charge on any atom is -0.396 e. The fraction of sp³-hybridized carbons (Fsp3) is 0.500. The van der Waals surface area contributed by atoms with Gasteiger partial charge in [-0.15, -0.1) is 0 Å². The molecular weight excluding hydrogens is 209 g/mol. The van der Waals surface area contributed by atoms with Crippen LogP contribution in [0.15, 0.2) is 18.2 Å². The molecule has 1 unspecified atom stereocenters. The third-order valence-corrected chi connectivity index (χ3v) is 4.10. The summed E-state index contributed by atoms with van der Waals surface area (Å²) in [5, 5.41) is 0.533. The number of anilines is 1. The van der Waals surface area contributed by atoms with Crippen molar-refractivity contribution in [2.24, 2.45) is 5.92 Å². The molecule has 15 heavy (non-hydrogen) atoms. The number of halogens is 1. The molecule has 0 saturated carbocycles. The van der Waals surface area contributed by atoms with E-state index in [-0.39, 0.29) is 11.5 Å². The van der Waals surface area contributed by atoms with Crippen LogP contribution in [-0.2, 0) is 5.75 Å². The summed E-state index contributed by atoms with van der Waals surface area (Å²) in [5.74, 6) is 1.04. The quantitative estimate of drug-likeness (QED) is 0.794. The van der Waals surface area contributed by atoms with E-state index in [0.717, 1.165) is 0 Å². The van der Waals surface area contributed by atoms with E-state index in [9.17, 15) is 4.39 Å². The molecule has 1 aromatic carbocycles. The van der Waals surface area contributed by atoms with Crippen LogP contribution in [0.4, 0.5) is 10.1 Å². The summed E-state index contributed by atoms with van der Waals surface area (Å²) in [7, 11) is 0. The topological polar surface area (TPSA) is 26.0 Å². The van der Waals surface area contributed by atoms with E-state index in [4.69, 9.17) is 5.73 Å². The van der Waals surface area contributed by atoms with Crippen molar-refractivity contribution in [1.29, 1.82) is 0 Å². The van der Waals surface area contributed by atoms with Gasteiger partial charge >= 0.3 is 0 Å². The van der Waals surface area contributed by atoms with Gasteiger partial charge < -0.3 is 5.73 Å². The van der Waals surface area contributed by atoms with Gasteiger partial charge in [0.15, 0.2) is 0 Å². The molecule has 0 spiro atoms. The smallest absolute Gasteiger partial charge is 0.150 e. The summed E-state index contributed by atoms with van der Waals surface area (Å²) in [5.41, 5.74) is 6.44. The van der Waals surface area contributed by atoms with Gasteiger partial charge in [0, 0.05) is 11.0 Å². The number of nitrogen functional groups attached to an aromatic ring is 1. The number of hydrogen-bond donors (Lipinski definition) is 1. The lowest BCUT2D eigenvalue weighted by Gasteiger charge is -2.15. The van der Waals surface area contributed by atoms with Crippen molar-refractivity contribution in [2.75, 3.05) is 5.73 Å². The van der Waals surface area contributed by atoms with E-state index in [1.807, 2.05) is 0 Å². The molecule has 84 valence electrons. The summed E-state index contributed by atoms with van der Waals surface area (Å²) in [6, 6.07) is 5.19. The van der Waals surface area contributed by atoms with Crippen LogP contribution in [0.25, 0.3) is 0 Å². The van der Waals surface area contributed by atoms with Crippen molar-refractivity contribution in [2.45, 2.75) is 31.8 Å². The van der Waals surface area contributed by atoms with Crippen molar-refractivity contribution < 1.29 is 4.39 Å². The fourth-order valence-corrected chi connectivity index (χ4v) is 2.18. The van der Waals surface area contributed by atoms with Gasteiger partial charge in [0.05, 0.1) is 5.69 Å². The van der Waals surface area contributed by atoms with Gasteiger partial charge in [-0.2, -0.15) is 11.8 Å². The number of hydrogen-bond acceptors (Lipinski definition) is 2. The standard InChI is InChI=1S/C12H18FNS/c1-8(2)9(3)15-7-10-5-4-6-11(14)12(10)13/h4-6,8-9H,7,14H2,1-3H3. The van der Waals surface area contributed by atoms with Crippen LogP contribution in [0.3, 0.4) is 0 Å². The van der Waals surface area contributed by atoms with Crippen molar-refractivity contribution >= 4 is 17.4 Å². The maximum atomic E-state index is 13.5. The fourth-order valence-electron chi connectivity index (χ4n) is 1.12. The van der Waals surface area contributed by atoms with Crippen LogP contribution in [-0.4, -0.2) is 5.25 Å². The lowest BCUT2D eigenvalue weighted by Crippen LogP contribution is -2.06. The second-order valence-corrected chi connectivity index (χ2v) is 5.45. The van der Waals surface area contributed by atoms with Gasteiger partial charge in [-0.3, -0.25) is 0 Å². The van der Waals surface area contributed by atoms with Crippen molar-refractivity contribution in [1.82, 2.24) is 0 Å². The predicted molar refractivity (Wildman–Crippen MR) is 66.4 cm³/mol. The monoisotopic (exact) mass is 227 g/mol. The molecule has 0 aliphatic heterocycles. The van der Waals surface area contributed by atoms with Crippen molar-refractivity contribution in [3.05, 3.63) is 29.6 Å². The summed E-state index contributed by atoms with van der Waals surface area (Å²) < 4.78 is 13.5. The van der Waals surface area contributed by atoms with E-state index in [2.05, 4.69) is 20.8 Å². The molecule has 0 saturated heterocycles. The molecule has 2 N–H and O–H groups in total. The van der Waals surface area contributed by atoms with E-state index >= 15 is 0 Å². The first-order chi connectivity index (χ1) is 7.02. The maximum Gasteiger partial charge on any atom is 0.150 e. The first kappa shape index (κ1) is 12.4. The van der Waals surface area contributed by atoms with Crippen molar-refractivity contribution in [3.8, 4) is 0 Å². The summed E-state index contributed by atoms with van der Waals surface area (Å²) in [6.07, 6.45) is 0. The molecule has 0 radical (unpaired) electrons. The summed E-state index contributed by atoms with van der Waals surface area (Å²) in [6.45, 7) is 6.51. The second kappa shape index (κ2) is 5.40. The summed E-state index contributed by atoms with van der Waals surface area (Å²) >= 11 is 1.76. The Kier molecular flexibility index (Phi) is 4.45. The maximum absolute atomic E-state index is 13.5. The summed E-state index contributed by atoms with van der Waals surface area (Å²) in [4.78, 5) is 0. The number of thioether (sulfide) groups is 1. The van der Waals surface area contributed by atoms with Gasteiger partial charge in [-0.25, -0.2) is 4.39 Å². The third-order valence-electron chi connectivity index (χ3n) is 2.55. The van der Waals surface area contributed by atoms with E-state index in [1.165, 1.54) is 0 Å². The van der Waals surface area contributed by atoms with E-state index < -0.39 is 0 Å². The SMILES string of the molecule is CC(C)C(C)SCc1cccc(N)c1F. The minimum atomic E-state index is -0.263. The Morgan fingerprint density at radius 3 is 2.60 bits per heavy atom. The zero-order valence-electron chi connectivity index (χ0n) is 9.46. The van der Waals surface area contributed by atoms with E-state index in [1.54, 1.807) is 30.0 Å². The molecule has 0 bridgehead atoms. The minimum absolute atomic E-state index is 0.241. The molecule has 0 aromatic heterocycles. The Labute approximate surface area is 95.2 Å². The highest BCUT2D eigenvalue weighted by Crippen LogP contribution is 2.25. The normalized spacial score (nSPS) is 13.1. The lowest BCUT2D eigenvalue weighted by molar-refractivity contribution is 0.620. The molecule has 0 aliphatic rings. The largest absolute Gasteiger partial charge is 0.396 e. The molecule has 1 rings (SSSR count). The van der Waals surface area contributed by atoms with Gasteiger partial charge in [0.25, 0.3) is 0 Å². The Bertz CT molecular complexity index is 325. The molecule has 1 atom stereocenters. The highest BCUT2D eigenvalue weighted by molar-refractivity contribution is 7.99. The van der Waals surface area contributed by atoms with Crippen LogP contribution in [0.1, 0.15) is 26.3 Å². The first-order valence-corrected chi connectivity index (χ1v) is 6.21. The molecule has 3 heteroatoms. The van der Waals surface area contributed by atoms with Crippen LogP contribution >= 0.6 is 11.8 Å². The molecule has 0 fully saturated rings. The van der Waals surface area contributed by atoms with Crippen LogP contribution in [0.2, 0.25) is 0 Å². The molecule has 0 aliphatic carbocycles. The zero-order chi connectivity index (χ0) is 11.4. The van der Waals surface area contributed by atoms with Gasteiger partial charge in [-0.1, -0.05) is 32.9 Å². The van der Waals surface area contributed by atoms with Crippen molar-refractivity contribution in [3.63, 3.8) is 0 Å². The number of nitrogens with two attached hydrogens (primary N) is 1. The average molecular weight is 227 g/mol. The Hall–Kier alpha value is -0.700. The second-order valence-electron chi connectivity index (χ2n) is 4.08. The highest BCUT2D eigenvalue weighted by atomic mass is 32.2. The zero-order valence-corrected chi connectivity index (χ0v) is 10.3. The predicted octanol–water partition coefficient (Wildman–Crippen LogP) is 3.69. The van der Waals surface area contributed by atoms with Gasteiger partial charge in [-0.05, 0) is 17.5 Å². The molecule has 0 heterocycles. The van der Waals surface area contributed by atoms with Crippen LogP contribution < -0.4 is 5.73 Å². The lowest BCUT2D eigenvalue weighted by atomic mass is 10.2. The molecule has 1 nitrogen and oxygen atoms in total. The Balaban J connectivity index is 2.62. The van der Waals surface area contributed by atoms with E-state index in [0.29, 0.717) is 22.5 Å². The molecule has 0 amide bonds. The van der Waals surface area contributed by atoms with Gasteiger partial charge in [0.1, 0.15) is 5.82 Å². The van der Waals surface area contributed by atoms with Crippen LogP contribution in [0.5, 0.6) is 0 Å². The number of benzene rings is 1. The molecule has 1 aromatic rings. The Morgan fingerprint density at radius 2 is 2.00 bits per heavy atom. The van der Waals surface area contributed by atoms with Crippen LogP contribution in [0, 0.1) is 11.7 Å².